The third-order valence-electron chi connectivity index (χ3n) is 2.58. The lowest BCUT2D eigenvalue weighted by molar-refractivity contribution is -0.387. The monoisotopic (exact) mass is 305 g/mol. The van der Waals surface area contributed by atoms with E-state index in [4.69, 9.17) is 0 Å². The number of aromatic nitrogens is 2. The molecule has 0 aliphatic heterocycles. The molecule has 0 aliphatic rings. The maximum Gasteiger partial charge on any atom is 0.337 e. The average Bonchev–Trinajstić information content (AvgIpc) is 2.37. The molecule has 0 spiro atoms. The van der Waals surface area contributed by atoms with Crippen molar-refractivity contribution in [3.63, 3.8) is 0 Å². The molecule has 0 saturated carbocycles. The summed E-state index contributed by atoms with van der Waals surface area (Å²) in [4.78, 5) is 30.1. The lowest BCUT2D eigenvalue weighted by atomic mass is 10.2. The third kappa shape index (κ3) is 3.34. The van der Waals surface area contributed by atoms with E-state index < -0.39 is 10.9 Å². The molecular formula is C13H11N3O4S. The van der Waals surface area contributed by atoms with Gasteiger partial charge in [-0.25, -0.2) is 14.8 Å². The topological polar surface area (TPSA) is 106 Å². The molecule has 1 aromatic carbocycles. The summed E-state index contributed by atoms with van der Waals surface area (Å²) in [5.74, 6) is -1.23. The van der Waals surface area contributed by atoms with Crippen molar-refractivity contribution in [2.24, 2.45) is 0 Å². The molecule has 0 bridgehead atoms. The SMILES string of the molecule is Cc1cc(C)nc(Sc2c(C(=O)O)cccc2[N+](=O)[O-])n1. The summed E-state index contributed by atoms with van der Waals surface area (Å²) in [5.41, 5.74) is 1.00. The number of aryl methyl sites for hydroxylation is 2. The van der Waals surface area contributed by atoms with Gasteiger partial charge in [-0.05, 0) is 37.7 Å². The number of nitro benzene ring substituents is 1. The molecule has 1 N–H and O–H groups in total. The predicted octanol–water partition coefficient (Wildman–Crippen LogP) is 2.85. The first kappa shape index (κ1) is 14.9. The van der Waals surface area contributed by atoms with Gasteiger partial charge in [0.15, 0.2) is 5.16 Å². The minimum atomic E-state index is -1.23. The van der Waals surface area contributed by atoms with Gasteiger partial charge >= 0.3 is 5.97 Å². The fraction of sp³-hybridized carbons (Fsp3) is 0.154. The Labute approximate surface area is 124 Å². The van der Waals surface area contributed by atoms with Gasteiger partial charge in [0, 0.05) is 17.5 Å². The first-order valence-electron chi connectivity index (χ1n) is 5.89. The van der Waals surface area contributed by atoms with Crippen LogP contribution in [0.2, 0.25) is 0 Å². The Morgan fingerprint density at radius 2 is 1.90 bits per heavy atom. The van der Waals surface area contributed by atoms with Gasteiger partial charge in [-0.15, -0.1) is 0 Å². The van der Waals surface area contributed by atoms with Crippen LogP contribution < -0.4 is 0 Å². The van der Waals surface area contributed by atoms with Crippen molar-refractivity contribution in [2.75, 3.05) is 0 Å². The van der Waals surface area contributed by atoms with Crippen LogP contribution in [-0.2, 0) is 0 Å². The number of nitrogens with zero attached hydrogens (tertiary/aromatic N) is 3. The Hall–Kier alpha value is -2.48. The first-order valence-corrected chi connectivity index (χ1v) is 6.71. The number of nitro groups is 1. The average molecular weight is 305 g/mol. The summed E-state index contributed by atoms with van der Waals surface area (Å²) < 4.78 is 0. The smallest absolute Gasteiger partial charge is 0.337 e. The lowest BCUT2D eigenvalue weighted by Crippen LogP contribution is -2.03. The van der Waals surface area contributed by atoms with Gasteiger partial charge in [0.05, 0.1) is 10.5 Å². The fourth-order valence-electron chi connectivity index (χ4n) is 1.77. The summed E-state index contributed by atoms with van der Waals surface area (Å²) >= 11 is 0.881. The van der Waals surface area contributed by atoms with Crippen LogP contribution in [0, 0.1) is 24.0 Å². The molecule has 7 nitrogen and oxygen atoms in total. The Morgan fingerprint density at radius 1 is 1.29 bits per heavy atom. The molecule has 0 fully saturated rings. The molecule has 108 valence electrons. The van der Waals surface area contributed by atoms with E-state index in [2.05, 4.69) is 9.97 Å². The van der Waals surface area contributed by atoms with Gasteiger partial charge in [0.25, 0.3) is 5.69 Å². The van der Waals surface area contributed by atoms with Crippen molar-refractivity contribution in [1.82, 2.24) is 9.97 Å². The molecule has 0 radical (unpaired) electrons. The van der Waals surface area contributed by atoms with Crippen LogP contribution in [0.5, 0.6) is 0 Å². The van der Waals surface area contributed by atoms with Gasteiger partial charge < -0.3 is 5.11 Å². The quantitative estimate of drug-likeness (QED) is 0.525. The fourth-order valence-corrected chi connectivity index (χ4v) is 2.85. The van der Waals surface area contributed by atoms with Crippen molar-refractivity contribution in [3.8, 4) is 0 Å². The summed E-state index contributed by atoms with van der Waals surface area (Å²) in [6, 6.07) is 5.69. The molecular weight excluding hydrogens is 294 g/mol. The summed E-state index contributed by atoms with van der Waals surface area (Å²) in [5, 5.41) is 20.5. The zero-order valence-corrected chi connectivity index (χ0v) is 12.0. The van der Waals surface area contributed by atoms with Crippen molar-refractivity contribution in [2.45, 2.75) is 23.9 Å². The second-order valence-corrected chi connectivity index (χ2v) is 5.23. The Bertz CT molecular complexity index is 681. The third-order valence-corrected chi connectivity index (χ3v) is 3.57. The number of aromatic carboxylic acids is 1. The molecule has 0 atom stereocenters. The van der Waals surface area contributed by atoms with Crippen LogP contribution in [0.1, 0.15) is 21.7 Å². The maximum absolute atomic E-state index is 11.2. The molecule has 2 rings (SSSR count). The van der Waals surface area contributed by atoms with Crippen molar-refractivity contribution >= 4 is 23.4 Å². The highest BCUT2D eigenvalue weighted by molar-refractivity contribution is 7.99. The van der Waals surface area contributed by atoms with Crippen LogP contribution in [-0.4, -0.2) is 26.0 Å². The van der Waals surface area contributed by atoms with E-state index >= 15 is 0 Å². The molecule has 0 unspecified atom stereocenters. The summed E-state index contributed by atoms with van der Waals surface area (Å²) in [6.45, 7) is 3.55. The summed E-state index contributed by atoms with van der Waals surface area (Å²) in [7, 11) is 0. The number of hydrogen-bond acceptors (Lipinski definition) is 6. The Kier molecular flexibility index (Phi) is 4.18. The predicted molar refractivity (Wildman–Crippen MR) is 75.7 cm³/mol. The highest BCUT2D eigenvalue weighted by Gasteiger charge is 2.23. The molecule has 8 heteroatoms. The van der Waals surface area contributed by atoms with Crippen LogP contribution in [0.4, 0.5) is 5.69 Å². The van der Waals surface area contributed by atoms with Crippen LogP contribution in [0.25, 0.3) is 0 Å². The largest absolute Gasteiger partial charge is 0.478 e. The van der Waals surface area contributed by atoms with E-state index in [0.29, 0.717) is 11.4 Å². The number of carboxylic acids is 1. The van der Waals surface area contributed by atoms with Gasteiger partial charge in [-0.2, -0.15) is 0 Å². The number of carbonyl (C=O) groups is 1. The number of hydrogen-bond donors (Lipinski definition) is 1. The zero-order valence-electron chi connectivity index (χ0n) is 11.2. The standard InChI is InChI=1S/C13H11N3O4S/c1-7-6-8(2)15-13(14-7)21-11-9(12(17)18)4-3-5-10(11)16(19)20/h3-6H,1-2H3,(H,17,18). The van der Waals surface area contributed by atoms with Gasteiger partial charge in [-0.3, -0.25) is 10.1 Å². The van der Waals surface area contributed by atoms with Crippen LogP contribution >= 0.6 is 11.8 Å². The van der Waals surface area contributed by atoms with E-state index in [0.717, 1.165) is 11.8 Å². The zero-order chi connectivity index (χ0) is 15.6. The Morgan fingerprint density at radius 3 is 2.43 bits per heavy atom. The molecule has 1 heterocycles. The van der Waals surface area contributed by atoms with E-state index in [-0.39, 0.29) is 21.3 Å². The lowest BCUT2D eigenvalue weighted by Gasteiger charge is -2.06. The van der Waals surface area contributed by atoms with E-state index in [1.54, 1.807) is 19.9 Å². The molecule has 2 aromatic rings. The first-order chi connectivity index (χ1) is 9.88. The van der Waals surface area contributed by atoms with Gasteiger partial charge in [-0.1, -0.05) is 6.07 Å². The summed E-state index contributed by atoms with van der Waals surface area (Å²) in [6.07, 6.45) is 0. The van der Waals surface area contributed by atoms with E-state index in [1.807, 2.05) is 0 Å². The van der Waals surface area contributed by atoms with E-state index in [1.165, 1.54) is 18.2 Å². The molecule has 0 aliphatic carbocycles. The molecule has 0 saturated heterocycles. The van der Waals surface area contributed by atoms with Gasteiger partial charge in [0.1, 0.15) is 4.90 Å². The van der Waals surface area contributed by atoms with Crippen molar-refractivity contribution in [3.05, 3.63) is 51.3 Å². The highest BCUT2D eigenvalue weighted by Crippen LogP contribution is 2.36. The maximum atomic E-state index is 11.2. The molecule has 0 amide bonds. The number of carboxylic acid groups (broad SMARTS) is 1. The molecule has 21 heavy (non-hydrogen) atoms. The molecule has 1 aromatic heterocycles. The van der Waals surface area contributed by atoms with Crippen LogP contribution in [0.3, 0.4) is 0 Å². The number of rotatable bonds is 4. The van der Waals surface area contributed by atoms with Crippen molar-refractivity contribution < 1.29 is 14.8 Å². The second-order valence-electron chi connectivity index (χ2n) is 4.25. The minimum Gasteiger partial charge on any atom is -0.478 e. The van der Waals surface area contributed by atoms with Gasteiger partial charge in [0.2, 0.25) is 0 Å². The Balaban J connectivity index is 2.56. The highest BCUT2D eigenvalue weighted by atomic mass is 32.2. The van der Waals surface area contributed by atoms with E-state index in [9.17, 15) is 20.0 Å². The second kappa shape index (κ2) is 5.88. The number of benzene rings is 1. The minimum absolute atomic E-state index is 0.0278. The normalized spacial score (nSPS) is 10.4. The van der Waals surface area contributed by atoms with Crippen molar-refractivity contribution in [1.29, 1.82) is 0 Å². The van der Waals surface area contributed by atoms with Crippen LogP contribution in [0.15, 0.2) is 34.3 Å².